The largest absolute Gasteiger partial charge is 0.298 e. The molecule has 144 valence electrons. The summed E-state index contributed by atoms with van der Waals surface area (Å²) in [5.41, 5.74) is 5.29. The van der Waals surface area contributed by atoms with Gasteiger partial charge in [0.25, 0.3) is 5.56 Å². The van der Waals surface area contributed by atoms with Crippen molar-refractivity contribution in [3.05, 3.63) is 50.9 Å². The molecule has 2 heterocycles. The Morgan fingerprint density at radius 3 is 2.44 bits per heavy atom. The number of aromatic nitrogens is 2. The highest BCUT2D eigenvalue weighted by molar-refractivity contribution is 5.63. The van der Waals surface area contributed by atoms with Crippen LogP contribution in [0, 0.1) is 27.7 Å². The van der Waals surface area contributed by atoms with Crippen molar-refractivity contribution in [3.63, 3.8) is 0 Å². The Morgan fingerprint density at radius 1 is 1.00 bits per heavy atom. The second-order valence-corrected chi connectivity index (χ2v) is 8.24. The van der Waals surface area contributed by atoms with E-state index in [2.05, 4.69) is 41.8 Å². The summed E-state index contributed by atoms with van der Waals surface area (Å²) in [6, 6.07) is 7.07. The van der Waals surface area contributed by atoms with Crippen molar-refractivity contribution < 1.29 is 0 Å². The fourth-order valence-electron chi connectivity index (χ4n) is 4.52. The summed E-state index contributed by atoms with van der Waals surface area (Å²) in [7, 11) is 0. The number of aryl methyl sites for hydroxylation is 3. The van der Waals surface area contributed by atoms with E-state index in [0.29, 0.717) is 12.7 Å². The molecule has 1 saturated carbocycles. The van der Waals surface area contributed by atoms with E-state index < -0.39 is 0 Å². The van der Waals surface area contributed by atoms with Gasteiger partial charge in [0.1, 0.15) is 0 Å². The van der Waals surface area contributed by atoms with Crippen LogP contribution in [0.1, 0.15) is 54.5 Å². The third-order valence-electron chi connectivity index (χ3n) is 6.24. The van der Waals surface area contributed by atoms with Gasteiger partial charge in [-0.2, -0.15) is 0 Å². The molecule has 0 bridgehead atoms. The molecule has 5 nitrogen and oxygen atoms in total. The first-order valence-corrected chi connectivity index (χ1v) is 10.1. The van der Waals surface area contributed by atoms with Crippen molar-refractivity contribution in [2.24, 2.45) is 0 Å². The van der Waals surface area contributed by atoms with Gasteiger partial charge < -0.3 is 0 Å². The molecule has 1 aromatic carbocycles. The van der Waals surface area contributed by atoms with Gasteiger partial charge in [-0.3, -0.25) is 19.2 Å². The average molecular weight is 367 g/mol. The second-order valence-electron chi connectivity index (χ2n) is 8.24. The van der Waals surface area contributed by atoms with E-state index in [9.17, 15) is 4.79 Å². The standard InChI is InChI=1S/C22H30N4O/c1-15-10-11-20(16(2)12-15)25-13-24(19-8-6-5-7-9-19)14-26-21(27)17(3)18(4)23-22(25)26/h10-12,19H,5-9,13-14H2,1-4H3. The van der Waals surface area contributed by atoms with Gasteiger partial charge in [-0.1, -0.05) is 37.0 Å². The Labute approximate surface area is 161 Å². The Kier molecular flexibility index (Phi) is 4.81. The maximum atomic E-state index is 13.0. The van der Waals surface area contributed by atoms with E-state index >= 15 is 0 Å². The summed E-state index contributed by atoms with van der Waals surface area (Å²) < 4.78 is 1.87. The SMILES string of the molecule is Cc1ccc(N2CN(C3CCCCC3)Cn3c2nc(C)c(C)c3=O)c(C)c1. The second kappa shape index (κ2) is 7.12. The lowest BCUT2D eigenvalue weighted by atomic mass is 9.94. The van der Waals surface area contributed by atoms with E-state index in [-0.39, 0.29) is 5.56 Å². The molecule has 0 amide bonds. The van der Waals surface area contributed by atoms with Gasteiger partial charge in [-0.15, -0.1) is 0 Å². The first-order chi connectivity index (χ1) is 13.0. The molecule has 5 heteroatoms. The minimum atomic E-state index is 0.0905. The van der Waals surface area contributed by atoms with Crippen molar-refractivity contribution in [1.82, 2.24) is 14.5 Å². The maximum absolute atomic E-state index is 13.0. The molecule has 0 radical (unpaired) electrons. The smallest absolute Gasteiger partial charge is 0.259 e. The van der Waals surface area contributed by atoms with Crippen molar-refractivity contribution in [1.29, 1.82) is 0 Å². The first kappa shape index (κ1) is 18.2. The van der Waals surface area contributed by atoms with Crippen LogP contribution in [0.25, 0.3) is 0 Å². The number of hydrogen-bond acceptors (Lipinski definition) is 4. The van der Waals surface area contributed by atoms with E-state index in [0.717, 1.165) is 29.6 Å². The molecule has 2 aromatic rings. The minimum Gasteiger partial charge on any atom is -0.298 e. The van der Waals surface area contributed by atoms with Gasteiger partial charge >= 0.3 is 0 Å². The zero-order valence-electron chi connectivity index (χ0n) is 17.0. The van der Waals surface area contributed by atoms with Crippen molar-refractivity contribution >= 4 is 11.6 Å². The first-order valence-electron chi connectivity index (χ1n) is 10.1. The summed E-state index contributed by atoms with van der Waals surface area (Å²) in [5, 5.41) is 0. The summed E-state index contributed by atoms with van der Waals surface area (Å²) in [6.45, 7) is 9.53. The number of fused-ring (bicyclic) bond motifs is 1. The Balaban J connectivity index is 1.83. The van der Waals surface area contributed by atoms with Crippen molar-refractivity contribution in [3.8, 4) is 0 Å². The molecular formula is C22H30N4O. The summed E-state index contributed by atoms with van der Waals surface area (Å²) in [4.78, 5) is 22.6. The van der Waals surface area contributed by atoms with Gasteiger partial charge in [0, 0.05) is 23.0 Å². The van der Waals surface area contributed by atoms with Crippen molar-refractivity contribution in [2.75, 3.05) is 11.6 Å². The molecule has 2 aliphatic rings. The lowest BCUT2D eigenvalue weighted by Crippen LogP contribution is -2.52. The van der Waals surface area contributed by atoms with Crippen LogP contribution in [0.5, 0.6) is 0 Å². The monoisotopic (exact) mass is 366 g/mol. The molecule has 0 atom stereocenters. The highest BCUT2D eigenvalue weighted by Crippen LogP contribution is 2.33. The number of benzene rings is 1. The maximum Gasteiger partial charge on any atom is 0.259 e. The van der Waals surface area contributed by atoms with Gasteiger partial charge in [0.05, 0.1) is 13.3 Å². The Hall–Kier alpha value is -2.14. The van der Waals surface area contributed by atoms with Crippen LogP contribution in [0.4, 0.5) is 11.6 Å². The highest BCUT2D eigenvalue weighted by Gasteiger charge is 2.32. The van der Waals surface area contributed by atoms with E-state index in [4.69, 9.17) is 4.98 Å². The van der Waals surface area contributed by atoms with Crippen molar-refractivity contribution in [2.45, 2.75) is 72.5 Å². The molecule has 1 aliphatic carbocycles. The molecule has 1 aromatic heterocycles. The fourth-order valence-corrected chi connectivity index (χ4v) is 4.52. The van der Waals surface area contributed by atoms with Crippen LogP contribution in [0.3, 0.4) is 0 Å². The predicted molar refractivity (Wildman–Crippen MR) is 110 cm³/mol. The highest BCUT2D eigenvalue weighted by atomic mass is 16.1. The van der Waals surface area contributed by atoms with Crippen LogP contribution in [-0.4, -0.2) is 27.2 Å². The third-order valence-corrected chi connectivity index (χ3v) is 6.24. The number of anilines is 2. The summed E-state index contributed by atoms with van der Waals surface area (Å²) >= 11 is 0. The molecular weight excluding hydrogens is 336 g/mol. The van der Waals surface area contributed by atoms with E-state index in [1.807, 2.05) is 18.4 Å². The van der Waals surface area contributed by atoms with Gasteiger partial charge in [-0.25, -0.2) is 4.98 Å². The zero-order chi connectivity index (χ0) is 19.1. The lowest BCUT2D eigenvalue weighted by molar-refractivity contribution is 0.107. The predicted octanol–water partition coefficient (Wildman–Crippen LogP) is 4.18. The fraction of sp³-hybridized carbons (Fsp3) is 0.545. The normalized spacial score (nSPS) is 18.6. The average Bonchev–Trinajstić information content (AvgIpc) is 2.67. The van der Waals surface area contributed by atoms with Gasteiger partial charge in [0.15, 0.2) is 0 Å². The molecule has 0 saturated heterocycles. The molecule has 1 aliphatic heterocycles. The quantitative estimate of drug-likeness (QED) is 0.800. The van der Waals surface area contributed by atoms with Crippen LogP contribution < -0.4 is 10.5 Å². The van der Waals surface area contributed by atoms with E-state index in [1.54, 1.807) is 0 Å². The molecule has 0 unspecified atom stereocenters. The van der Waals surface area contributed by atoms with Gasteiger partial charge in [-0.05, 0) is 52.2 Å². The Bertz CT molecular complexity index is 911. The molecule has 27 heavy (non-hydrogen) atoms. The zero-order valence-corrected chi connectivity index (χ0v) is 17.0. The number of hydrogen-bond donors (Lipinski definition) is 0. The van der Waals surface area contributed by atoms with Crippen LogP contribution >= 0.6 is 0 Å². The molecule has 4 rings (SSSR count). The minimum absolute atomic E-state index is 0.0905. The molecule has 1 fully saturated rings. The number of rotatable bonds is 2. The topological polar surface area (TPSA) is 41.4 Å². The summed E-state index contributed by atoms with van der Waals surface area (Å²) in [6.07, 6.45) is 6.36. The molecule has 0 N–H and O–H groups in total. The van der Waals surface area contributed by atoms with Crippen LogP contribution in [-0.2, 0) is 6.67 Å². The number of nitrogens with zero attached hydrogens (tertiary/aromatic N) is 4. The van der Waals surface area contributed by atoms with E-state index in [1.165, 1.54) is 43.2 Å². The van der Waals surface area contributed by atoms with Crippen LogP contribution in [0.2, 0.25) is 0 Å². The van der Waals surface area contributed by atoms with Gasteiger partial charge in [0.2, 0.25) is 5.95 Å². The third kappa shape index (κ3) is 3.29. The lowest BCUT2D eigenvalue weighted by Gasteiger charge is -2.43. The molecule has 0 spiro atoms. The Morgan fingerprint density at radius 2 is 1.74 bits per heavy atom. The van der Waals surface area contributed by atoms with Crippen LogP contribution in [0.15, 0.2) is 23.0 Å². The summed E-state index contributed by atoms with van der Waals surface area (Å²) in [5.74, 6) is 0.780.